The molecule has 1 heterocycles. The topological polar surface area (TPSA) is 92.8 Å². The molecule has 0 aromatic heterocycles. The average Bonchev–Trinajstić information content (AvgIpc) is 2.74. The molecule has 0 bridgehead atoms. The van der Waals surface area contributed by atoms with Crippen LogP contribution in [0.3, 0.4) is 0 Å². The number of nitrogens with zero attached hydrogens (tertiary/aromatic N) is 1. The number of esters is 1. The van der Waals surface area contributed by atoms with E-state index in [0.29, 0.717) is 18.8 Å². The van der Waals surface area contributed by atoms with Gasteiger partial charge in [0.2, 0.25) is 10.0 Å². The van der Waals surface area contributed by atoms with Gasteiger partial charge in [-0.15, -0.1) is 0 Å². The average molecular weight is 485 g/mol. The number of carbonyl (C=O) groups is 2. The van der Waals surface area contributed by atoms with E-state index in [4.69, 9.17) is 27.9 Å². The van der Waals surface area contributed by atoms with Gasteiger partial charge in [-0.1, -0.05) is 29.6 Å². The Morgan fingerprint density at radius 3 is 2.35 bits per heavy atom. The fourth-order valence-corrected chi connectivity index (χ4v) is 5.26. The zero-order valence-electron chi connectivity index (χ0n) is 16.9. The van der Waals surface area contributed by atoms with Gasteiger partial charge in [-0.2, -0.15) is 4.31 Å². The van der Waals surface area contributed by atoms with Crippen molar-refractivity contribution in [1.29, 1.82) is 0 Å². The fourth-order valence-electron chi connectivity index (χ4n) is 3.26. The number of anilines is 1. The molecule has 10 heteroatoms. The third-order valence-electron chi connectivity index (χ3n) is 4.86. The number of sulfonamides is 1. The molecule has 1 amide bonds. The normalized spacial score (nSPS) is 14.8. The second kappa shape index (κ2) is 9.99. The lowest BCUT2D eigenvalue weighted by atomic mass is 10.1. The van der Waals surface area contributed by atoms with E-state index in [2.05, 4.69) is 5.32 Å². The monoisotopic (exact) mass is 484 g/mol. The molecule has 1 aliphatic heterocycles. The number of halogens is 2. The number of carbonyl (C=O) groups excluding carboxylic acids is 2. The lowest BCUT2D eigenvalue weighted by Gasteiger charge is -2.26. The predicted molar refractivity (Wildman–Crippen MR) is 119 cm³/mol. The Balaban J connectivity index is 1.83. The Labute approximate surface area is 191 Å². The zero-order chi connectivity index (χ0) is 22.6. The highest BCUT2D eigenvalue weighted by molar-refractivity contribution is 7.89. The summed E-state index contributed by atoms with van der Waals surface area (Å²) in [5.74, 6) is -1.16. The van der Waals surface area contributed by atoms with E-state index in [-0.39, 0.29) is 32.7 Å². The van der Waals surface area contributed by atoms with E-state index in [0.717, 1.165) is 19.3 Å². The van der Waals surface area contributed by atoms with Crippen LogP contribution in [-0.2, 0) is 14.8 Å². The van der Waals surface area contributed by atoms with Crippen molar-refractivity contribution in [2.24, 2.45) is 0 Å². The second-order valence-electron chi connectivity index (χ2n) is 6.98. The van der Waals surface area contributed by atoms with Gasteiger partial charge in [0.15, 0.2) is 0 Å². The van der Waals surface area contributed by atoms with Crippen molar-refractivity contribution in [3.8, 4) is 0 Å². The minimum absolute atomic E-state index is 0.0136. The van der Waals surface area contributed by atoms with E-state index >= 15 is 0 Å². The Bertz CT molecular complexity index is 1100. The largest absolute Gasteiger partial charge is 0.462 e. The number of hydrogen-bond acceptors (Lipinski definition) is 5. The lowest BCUT2D eigenvalue weighted by molar-refractivity contribution is 0.0526. The van der Waals surface area contributed by atoms with Crippen molar-refractivity contribution in [3.63, 3.8) is 0 Å². The maximum Gasteiger partial charge on any atom is 0.339 e. The highest BCUT2D eigenvalue weighted by atomic mass is 35.5. The number of piperidine rings is 1. The van der Waals surface area contributed by atoms with Gasteiger partial charge in [0, 0.05) is 18.8 Å². The molecule has 1 N–H and O–H groups in total. The summed E-state index contributed by atoms with van der Waals surface area (Å²) in [6, 6.07) is 8.41. The van der Waals surface area contributed by atoms with Gasteiger partial charge in [0.1, 0.15) is 0 Å². The highest BCUT2D eigenvalue weighted by Crippen LogP contribution is 2.27. The molecule has 0 unspecified atom stereocenters. The van der Waals surface area contributed by atoms with Gasteiger partial charge >= 0.3 is 5.97 Å². The van der Waals surface area contributed by atoms with Crippen molar-refractivity contribution in [3.05, 3.63) is 57.6 Å². The molecular weight excluding hydrogens is 463 g/mol. The maximum absolute atomic E-state index is 12.9. The third kappa shape index (κ3) is 5.38. The molecule has 2 aromatic rings. The summed E-state index contributed by atoms with van der Waals surface area (Å²) in [5, 5.41) is 2.86. The standard InChI is InChI=1S/C21H22Cl2N2O5S/c1-2-30-21(27)16-8-6-14(12-19(16)23)24-20(26)17-13-15(7-9-18(17)22)31(28,29)25-10-4-3-5-11-25/h6-9,12-13H,2-5,10-11H2,1H3,(H,24,26). The number of ether oxygens (including phenoxy) is 1. The van der Waals surface area contributed by atoms with Crippen LogP contribution >= 0.6 is 23.2 Å². The number of benzene rings is 2. The first kappa shape index (κ1) is 23.5. The Hall–Kier alpha value is -2.13. The molecule has 0 spiro atoms. The molecule has 0 atom stereocenters. The van der Waals surface area contributed by atoms with Crippen LogP contribution in [0.2, 0.25) is 10.0 Å². The smallest absolute Gasteiger partial charge is 0.339 e. The van der Waals surface area contributed by atoms with Crippen molar-refractivity contribution in [2.75, 3.05) is 25.0 Å². The fraction of sp³-hybridized carbons (Fsp3) is 0.333. The molecular formula is C21H22Cl2N2O5S. The minimum atomic E-state index is -3.71. The van der Waals surface area contributed by atoms with Gasteiger partial charge in [0.05, 0.1) is 32.7 Å². The molecule has 1 saturated heterocycles. The molecule has 0 aliphatic carbocycles. The van der Waals surface area contributed by atoms with E-state index in [1.54, 1.807) is 6.92 Å². The molecule has 31 heavy (non-hydrogen) atoms. The van der Waals surface area contributed by atoms with Crippen molar-refractivity contribution < 1.29 is 22.7 Å². The van der Waals surface area contributed by atoms with Crippen molar-refractivity contribution in [1.82, 2.24) is 4.31 Å². The Morgan fingerprint density at radius 2 is 1.71 bits per heavy atom. The number of rotatable bonds is 6. The molecule has 0 saturated carbocycles. The first-order valence-electron chi connectivity index (χ1n) is 9.81. The van der Waals surface area contributed by atoms with Crippen LogP contribution in [0.5, 0.6) is 0 Å². The van der Waals surface area contributed by atoms with E-state index < -0.39 is 21.9 Å². The van der Waals surface area contributed by atoms with Gasteiger partial charge in [-0.3, -0.25) is 4.79 Å². The van der Waals surface area contributed by atoms with E-state index in [9.17, 15) is 18.0 Å². The van der Waals surface area contributed by atoms with Gasteiger partial charge < -0.3 is 10.1 Å². The van der Waals surface area contributed by atoms with Crippen LogP contribution in [0.1, 0.15) is 46.9 Å². The maximum atomic E-state index is 12.9. The van der Waals surface area contributed by atoms with Gasteiger partial charge in [-0.25, -0.2) is 13.2 Å². The van der Waals surface area contributed by atoms with Crippen LogP contribution in [0.15, 0.2) is 41.3 Å². The minimum Gasteiger partial charge on any atom is -0.462 e. The summed E-state index contributed by atoms with van der Waals surface area (Å²) in [4.78, 5) is 24.7. The molecule has 3 rings (SSSR count). The quantitative estimate of drug-likeness (QED) is 0.604. The summed E-state index contributed by atoms with van der Waals surface area (Å²) in [6.45, 7) is 2.81. The summed E-state index contributed by atoms with van der Waals surface area (Å²) < 4.78 is 32.2. The molecule has 1 fully saturated rings. The Morgan fingerprint density at radius 1 is 1.00 bits per heavy atom. The summed E-state index contributed by atoms with van der Waals surface area (Å²) in [5.41, 5.74) is 0.517. The summed E-state index contributed by atoms with van der Waals surface area (Å²) in [6.07, 6.45) is 2.61. The van der Waals surface area contributed by atoms with Crippen molar-refractivity contribution >= 4 is 50.8 Å². The SMILES string of the molecule is CCOC(=O)c1ccc(NC(=O)c2cc(S(=O)(=O)N3CCCCC3)ccc2Cl)cc1Cl. The van der Waals surface area contributed by atoms with Crippen LogP contribution < -0.4 is 5.32 Å². The lowest BCUT2D eigenvalue weighted by Crippen LogP contribution is -2.35. The number of amides is 1. The Kier molecular flexibility index (Phi) is 7.59. The van der Waals surface area contributed by atoms with Crippen LogP contribution in [0.25, 0.3) is 0 Å². The van der Waals surface area contributed by atoms with Crippen molar-refractivity contribution in [2.45, 2.75) is 31.1 Å². The molecule has 7 nitrogen and oxygen atoms in total. The van der Waals surface area contributed by atoms with E-state index in [1.165, 1.54) is 40.7 Å². The molecule has 1 aliphatic rings. The number of hydrogen-bond donors (Lipinski definition) is 1. The molecule has 2 aromatic carbocycles. The van der Waals surface area contributed by atoms with Gasteiger partial charge in [0.25, 0.3) is 5.91 Å². The zero-order valence-corrected chi connectivity index (χ0v) is 19.2. The summed E-state index contributed by atoms with van der Waals surface area (Å²) >= 11 is 12.3. The number of nitrogens with one attached hydrogen (secondary N) is 1. The molecule has 0 radical (unpaired) electrons. The second-order valence-corrected chi connectivity index (χ2v) is 9.73. The van der Waals surface area contributed by atoms with Gasteiger partial charge in [-0.05, 0) is 56.2 Å². The van der Waals surface area contributed by atoms with Crippen LogP contribution in [0.4, 0.5) is 5.69 Å². The predicted octanol–water partition coefficient (Wildman–Crippen LogP) is 4.60. The van der Waals surface area contributed by atoms with E-state index in [1.807, 2.05) is 0 Å². The summed E-state index contributed by atoms with van der Waals surface area (Å²) in [7, 11) is -3.71. The van der Waals surface area contributed by atoms with Crippen LogP contribution in [-0.4, -0.2) is 44.3 Å². The first-order chi connectivity index (χ1) is 14.7. The van der Waals surface area contributed by atoms with Crippen LogP contribution in [0, 0.1) is 0 Å². The third-order valence-corrected chi connectivity index (χ3v) is 7.39. The molecule has 166 valence electrons. The highest BCUT2D eigenvalue weighted by Gasteiger charge is 2.27. The first-order valence-corrected chi connectivity index (χ1v) is 12.0.